The third-order valence-corrected chi connectivity index (χ3v) is 2.60. The largest absolute Gasteiger partial charge is 0.481 e. The van der Waals surface area contributed by atoms with Crippen molar-refractivity contribution in [2.24, 2.45) is 0 Å². The molecule has 1 atom stereocenters. The first-order valence-corrected chi connectivity index (χ1v) is 5.88. The number of imidazole rings is 1. The van der Waals surface area contributed by atoms with Crippen LogP contribution in [-0.4, -0.2) is 27.0 Å². The molecule has 2 aromatic heterocycles. The maximum absolute atomic E-state index is 5.13. The van der Waals surface area contributed by atoms with Gasteiger partial charge in [-0.25, -0.2) is 9.97 Å². The van der Waals surface area contributed by atoms with Crippen molar-refractivity contribution in [2.45, 2.75) is 26.3 Å². The van der Waals surface area contributed by atoms with Gasteiger partial charge in [-0.1, -0.05) is 6.92 Å². The fourth-order valence-corrected chi connectivity index (χ4v) is 1.73. The minimum absolute atomic E-state index is 0.0963. The van der Waals surface area contributed by atoms with E-state index in [1.54, 1.807) is 19.4 Å². The van der Waals surface area contributed by atoms with E-state index < -0.39 is 0 Å². The predicted molar refractivity (Wildman–Crippen MR) is 68.6 cm³/mol. The Morgan fingerprint density at radius 1 is 1.44 bits per heavy atom. The van der Waals surface area contributed by atoms with Gasteiger partial charge in [0.05, 0.1) is 13.2 Å². The Kier molecular flexibility index (Phi) is 3.76. The summed E-state index contributed by atoms with van der Waals surface area (Å²) in [5, 5.41) is 3.32. The van der Waals surface area contributed by atoms with Crippen molar-refractivity contribution in [1.82, 2.24) is 19.9 Å². The minimum Gasteiger partial charge on any atom is -0.481 e. The highest BCUT2D eigenvalue weighted by Gasteiger charge is 2.13. The number of aromatic nitrogens is 4. The summed E-state index contributed by atoms with van der Waals surface area (Å²) < 4.78 is 5.13. The SMILES string of the molecule is CCC(Nc1cc(OC)nc(C)n1)c1ncc[nH]1. The van der Waals surface area contributed by atoms with Crippen LogP contribution < -0.4 is 10.1 Å². The Bertz CT molecular complexity index is 497. The molecule has 6 heteroatoms. The number of nitrogens with zero attached hydrogens (tertiary/aromatic N) is 3. The first-order valence-electron chi connectivity index (χ1n) is 5.88. The summed E-state index contributed by atoms with van der Waals surface area (Å²) in [6.45, 7) is 3.92. The summed E-state index contributed by atoms with van der Waals surface area (Å²) in [5.74, 6) is 2.86. The van der Waals surface area contributed by atoms with E-state index in [2.05, 4.69) is 32.2 Å². The molecule has 0 aliphatic heterocycles. The van der Waals surface area contributed by atoms with Crippen molar-refractivity contribution in [3.63, 3.8) is 0 Å². The predicted octanol–water partition coefficient (Wildman–Crippen LogP) is 2.08. The number of aryl methyl sites for hydroxylation is 1. The van der Waals surface area contributed by atoms with E-state index in [1.807, 2.05) is 13.1 Å². The van der Waals surface area contributed by atoms with Crippen molar-refractivity contribution in [1.29, 1.82) is 0 Å². The van der Waals surface area contributed by atoms with Crippen LogP contribution in [0.4, 0.5) is 5.82 Å². The van der Waals surface area contributed by atoms with Crippen LogP contribution in [0.15, 0.2) is 18.5 Å². The maximum Gasteiger partial charge on any atom is 0.218 e. The quantitative estimate of drug-likeness (QED) is 0.846. The highest BCUT2D eigenvalue weighted by molar-refractivity contribution is 5.40. The molecule has 2 N–H and O–H groups in total. The zero-order chi connectivity index (χ0) is 13.0. The number of rotatable bonds is 5. The molecule has 0 aliphatic rings. The Labute approximate surface area is 106 Å². The molecule has 2 aromatic rings. The van der Waals surface area contributed by atoms with Crippen molar-refractivity contribution >= 4 is 5.82 Å². The third-order valence-electron chi connectivity index (χ3n) is 2.60. The summed E-state index contributed by atoms with van der Waals surface area (Å²) in [5.41, 5.74) is 0. The van der Waals surface area contributed by atoms with Crippen LogP contribution in [0, 0.1) is 6.92 Å². The zero-order valence-corrected chi connectivity index (χ0v) is 10.8. The zero-order valence-electron chi connectivity index (χ0n) is 10.8. The molecule has 0 aromatic carbocycles. The minimum atomic E-state index is 0.0963. The molecule has 18 heavy (non-hydrogen) atoms. The number of aromatic amines is 1. The van der Waals surface area contributed by atoms with Gasteiger partial charge in [0.1, 0.15) is 17.5 Å². The van der Waals surface area contributed by atoms with Crippen LogP contribution in [0.25, 0.3) is 0 Å². The van der Waals surface area contributed by atoms with Gasteiger partial charge in [-0.3, -0.25) is 0 Å². The number of ether oxygens (including phenoxy) is 1. The van der Waals surface area contributed by atoms with Gasteiger partial charge >= 0.3 is 0 Å². The van der Waals surface area contributed by atoms with Crippen molar-refractivity contribution < 1.29 is 4.74 Å². The Morgan fingerprint density at radius 3 is 2.89 bits per heavy atom. The van der Waals surface area contributed by atoms with E-state index in [-0.39, 0.29) is 6.04 Å². The fraction of sp³-hybridized carbons (Fsp3) is 0.417. The standard InChI is InChI=1S/C12H17N5O/c1-4-9(12-13-5-6-14-12)17-10-7-11(18-3)16-8(2)15-10/h5-7,9H,4H2,1-3H3,(H,13,14)(H,15,16,17). The number of hydrogen-bond acceptors (Lipinski definition) is 5. The third kappa shape index (κ3) is 2.77. The van der Waals surface area contributed by atoms with E-state index in [4.69, 9.17) is 4.74 Å². The van der Waals surface area contributed by atoms with Gasteiger partial charge in [0.25, 0.3) is 0 Å². The maximum atomic E-state index is 5.13. The van der Waals surface area contributed by atoms with E-state index >= 15 is 0 Å². The van der Waals surface area contributed by atoms with Crippen molar-refractivity contribution in [3.8, 4) is 5.88 Å². The first-order chi connectivity index (χ1) is 8.72. The molecule has 96 valence electrons. The smallest absolute Gasteiger partial charge is 0.218 e. The lowest BCUT2D eigenvalue weighted by Crippen LogP contribution is -2.13. The van der Waals surface area contributed by atoms with E-state index in [1.165, 1.54) is 0 Å². The van der Waals surface area contributed by atoms with Gasteiger partial charge in [0.2, 0.25) is 5.88 Å². The van der Waals surface area contributed by atoms with E-state index in [0.717, 1.165) is 18.1 Å². The molecular weight excluding hydrogens is 230 g/mol. The van der Waals surface area contributed by atoms with E-state index in [0.29, 0.717) is 11.7 Å². The summed E-state index contributed by atoms with van der Waals surface area (Å²) in [7, 11) is 1.59. The molecule has 2 rings (SSSR count). The van der Waals surface area contributed by atoms with Crippen LogP contribution in [0.1, 0.15) is 31.0 Å². The molecule has 0 fully saturated rings. The second-order valence-electron chi connectivity index (χ2n) is 3.92. The summed E-state index contributed by atoms with van der Waals surface area (Å²) in [6.07, 6.45) is 4.45. The monoisotopic (exact) mass is 247 g/mol. The molecule has 1 unspecified atom stereocenters. The molecule has 2 heterocycles. The van der Waals surface area contributed by atoms with Crippen molar-refractivity contribution in [2.75, 3.05) is 12.4 Å². The fourth-order valence-electron chi connectivity index (χ4n) is 1.73. The topological polar surface area (TPSA) is 75.7 Å². The lowest BCUT2D eigenvalue weighted by atomic mass is 10.2. The molecular formula is C12H17N5O. The Morgan fingerprint density at radius 2 is 2.28 bits per heavy atom. The number of methoxy groups -OCH3 is 1. The van der Waals surface area contributed by atoms with Crippen LogP contribution in [0.5, 0.6) is 5.88 Å². The normalized spacial score (nSPS) is 12.2. The second-order valence-corrected chi connectivity index (χ2v) is 3.92. The van der Waals surface area contributed by atoms with E-state index in [9.17, 15) is 0 Å². The molecule has 0 spiro atoms. The van der Waals surface area contributed by atoms with Crippen LogP contribution in [0.3, 0.4) is 0 Å². The molecule has 6 nitrogen and oxygen atoms in total. The highest BCUT2D eigenvalue weighted by Crippen LogP contribution is 2.20. The average Bonchev–Trinajstić information content (AvgIpc) is 2.89. The number of anilines is 1. The summed E-state index contributed by atoms with van der Waals surface area (Å²) >= 11 is 0. The molecule has 0 aliphatic carbocycles. The highest BCUT2D eigenvalue weighted by atomic mass is 16.5. The lowest BCUT2D eigenvalue weighted by Gasteiger charge is -2.15. The van der Waals surface area contributed by atoms with Crippen LogP contribution >= 0.6 is 0 Å². The van der Waals surface area contributed by atoms with Gasteiger partial charge in [0.15, 0.2) is 0 Å². The first kappa shape index (κ1) is 12.3. The second kappa shape index (κ2) is 5.48. The molecule has 0 radical (unpaired) electrons. The molecule has 0 amide bonds. The van der Waals surface area contributed by atoms with Gasteiger partial charge < -0.3 is 15.0 Å². The lowest BCUT2D eigenvalue weighted by molar-refractivity contribution is 0.396. The Hall–Kier alpha value is -2.11. The van der Waals surface area contributed by atoms with Gasteiger partial charge in [-0.15, -0.1) is 0 Å². The average molecular weight is 247 g/mol. The van der Waals surface area contributed by atoms with Crippen LogP contribution in [0.2, 0.25) is 0 Å². The Balaban J connectivity index is 2.19. The van der Waals surface area contributed by atoms with Gasteiger partial charge in [-0.2, -0.15) is 4.98 Å². The molecule has 0 saturated carbocycles. The van der Waals surface area contributed by atoms with Crippen molar-refractivity contribution in [3.05, 3.63) is 30.1 Å². The molecule has 0 saturated heterocycles. The summed E-state index contributed by atoms with van der Waals surface area (Å²) in [6, 6.07) is 1.87. The number of hydrogen-bond donors (Lipinski definition) is 2. The molecule has 0 bridgehead atoms. The van der Waals surface area contributed by atoms with Crippen LogP contribution in [-0.2, 0) is 0 Å². The number of nitrogens with one attached hydrogen (secondary N) is 2. The van der Waals surface area contributed by atoms with Gasteiger partial charge in [-0.05, 0) is 13.3 Å². The number of H-pyrrole nitrogens is 1. The summed E-state index contributed by atoms with van der Waals surface area (Å²) in [4.78, 5) is 15.8. The van der Waals surface area contributed by atoms with Gasteiger partial charge in [0, 0.05) is 18.5 Å².